The Labute approximate surface area is 132 Å². The van der Waals surface area contributed by atoms with Gasteiger partial charge in [0.15, 0.2) is 0 Å². The van der Waals surface area contributed by atoms with Gasteiger partial charge in [0.2, 0.25) is 0 Å². The van der Waals surface area contributed by atoms with E-state index in [1.54, 1.807) is 0 Å². The first-order valence-electron chi connectivity index (χ1n) is 6.87. The summed E-state index contributed by atoms with van der Waals surface area (Å²) in [6.45, 7) is 0.447. The van der Waals surface area contributed by atoms with E-state index in [2.05, 4.69) is 34.1 Å². The van der Waals surface area contributed by atoms with Gasteiger partial charge in [-0.3, -0.25) is 0 Å². The van der Waals surface area contributed by atoms with E-state index in [1.807, 2.05) is 48.5 Å². The van der Waals surface area contributed by atoms with Crippen LogP contribution < -0.4 is 10.5 Å². The minimum Gasteiger partial charge on any atom is -0.484 e. The number of ether oxygens (including phenoxy) is 1. The highest BCUT2D eigenvalue weighted by Crippen LogP contribution is 2.27. The molecule has 21 heavy (non-hydrogen) atoms. The van der Waals surface area contributed by atoms with E-state index in [0.29, 0.717) is 6.54 Å². The summed E-state index contributed by atoms with van der Waals surface area (Å²) in [7, 11) is 0. The molecule has 0 aliphatic heterocycles. The fourth-order valence-electron chi connectivity index (χ4n) is 2.35. The summed E-state index contributed by atoms with van der Waals surface area (Å²) in [6, 6.07) is 22.4. The van der Waals surface area contributed by atoms with Crippen LogP contribution in [0.5, 0.6) is 5.75 Å². The highest BCUT2D eigenvalue weighted by molar-refractivity contribution is 9.10. The van der Waals surface area contributed by atoms with Crippen LogP contribution in [-0.4, -0.2) is 6.54 Å². The fourth-order valence-corrected chi connectivity index (χ4v) is 2.73. The molecule has 3 aromatic rings. The molecular weight excluding hydrogens is 326 g/mol. The van der Waals surface area contributed by atoms with Crippen LogP contribution in [0.3, 0.4) is 0 Å². The SMILES string of the molecule is NCC(Oc1ccc2cc(Br)ccc2c1)c1ccccc1. The second kappa shape index (κ2) is 6.29. The largest absolute Gasteiger partial charge is 0.484 e. The van der Waals surface area contributed by atoms with E-state index in [1.165, 1.54) is 5.39 Å². The van der Waals surface area contributed by atoms with Gasteiger partial charge in [-0.15, -0.1) is 0 Å². The summed E-state index contributed by atoms with van der Waals surface area (Å²) in [4.78, 5) is 0. The second-order valence-electron chi connectivity index (χ2n) is 4.91. The van der Waals surface area contributed by atoms with Crippen molar-refractivity contribution in [2.24, 2.45) is 5.73 Å². The van der Waals surface area contributed by atoms with Crippen LogP contribution in [0.2, 0.25) is 0 Å². The Morgan fingerprint density at radius 1 is 0.905 bits per heavy atom. The van der Waals surface area contributed by atoms with Crippen LogP contribution in [0.25, 0.3) is 10.8 Å². The van der Waals surface area contributed by atoms with Gasteiger partial charge in [0, 0.05) is 11.0 Å². The van der Waals surface area contributed by atoms with E-state index >= 15 is 0 Å². The fraction of sp³-hybridized carbons (Fsp3) is 0.111. The molecule has 1 atom stereocenters. The predicted molar refractivity (Wildman–Crippen MR) is 90.5 cm³/mol. The predicted octanol–water partition coefficient (Wildman–Crippen LogP) is 4.68. The van der Waals surface area contributed by atoms with Crippen LogP contribution in [0.4, 0.5) is 0 Å². The molecule has 0 fully saturated rings. The maximum absolute atomic E-state index is 6.05. The summed E-state index contributed by atoms with van der Waals surface area (Å²) < 4.78 is 7.13. The number of hydrogen-bond donors (Lipinski definition) is 1. The van der Waals surface area contributed by atoms with Crippen molar-refractivity contribution in [3.05, 3.63) is 76.8 Å². The first-order valence-corrected chi connectivity index (χ1v) is 7.66. The Hall–Kier alpha value is -1.84. The molecule has 0 spiro atoms. The molecule has 0 saturated carbocycles. The van der Waals surface area contributed by atoms with E-state index < -0.39 is 0 Å². The summed E-state index contributed by atoms with van der Waals surface area (Å²) in [5.41, 5.74) is 6.95. The Balaban J connectivity index is 1.88. The van der Waals surface area contributed by atoms with Crippen LogP contribution >= 0.6 is 15.9 Å². The van der Waals surface area contributed by atoms with Crippen molar-refractivity contribution >= 4 is 26.7 Å². The average Bonchev–Trinajstić information content (AvgIpc) is 2.53. The molecule has 0 bridgehead atoms. The molecule has 1 unspecified atom stereocenters. The molecule has 3 rings (SSSR count). The average molecular weight is 342 g/mol. The van der Waals surface area contributed by atoms with Gasteiger partial charge in [-0.25, -0.2) is 0 Å². The lowest BCUT2D eigenvalue weighted by Crippen LogP contribution is -2.18. The Morgan fingerprint density at radius 2 is 1.62 bits per heavy atom. The lowest BCUT2D eigenvalue weighted by molar-refractivity contribution is 0.214. The first-order chi connectivity index (χ1) is 10.3. The quantitative estimate of drug-likeness (QED) is 0.747. The van der Waals surface area contributed by atoms with E-state index in [4.69, 9.17) is 10.5 Å². The molecule has 0 aliphatic rings. The standard InChI is InChI=1S/C18H16BrNO/c19-16-8-6-15-11-17(9-7-14(15)10-16)21-18(12-20)13-4-2-1-3-5-13/h1-11,18H,12,20H2. The maximum atomic E-state index is 6.05. The lowest BCUT2D eigenvalue weighted by atomic mass is 10.1. The second-order valence-corrected chi connectivity index (χ2v) is 5.82. The first kappa shape index (κ1) is 14.1. The molecule has 2 N–H and O–H groups in total. The van der Waals surface area contributed by atoms with Crippen molar-refractivity contribution in [2.75, 3.05) is 6.54 Å². The molecule has 3 aromatic carbocycles. The summed E-state index contributed by atoms with van der Waals surface area (Å²) in [5.74, 6) is 0.837. The number of halogens is 1. The minimum atomic E-state index is -0.126. The number of benzene rings is 3. The van der Waals surface area contributed by atoms with Crippen molar-refractivity contribution in [1.82, 2.24) is 0 Å². The van der Waals surface area contributed by atoms with Crippen LogP contribution in [0.1, 0.15) is 11.7 Å². The number of fused-ring (bicyclic) bond motifs is 1. The third-order valence-corrected chi connectivity index (χ3v) is 3.93. The molecule has 3 heteroatoms. The monoisotopic (exact) mass is 341 g/mol. The summed E-state index contributed by atoms with van der Waals surface area (Å²) in [5, 5.41) is 2.33. The van der Waals surface area contributed by atoms with Crippen LogP contribution in [0.15, 0.2) is 71.2 Å². The van der Waals surface area contributed by atoms with Gasteiger partial charge < -0.3 is 10.5 Å². The van der Waals surface area contributed by atoms with E-state index in [9.17, 15) is 0 Å². The zero-order valence-corrected chi connectivity index (χ0v) is 13.1. The zero-order chi connectivity index (χ0) is 14.7. The summed E-state index contributed by atoms with van der Waals surface area (Å²) >= 11 is 3.49. The van der Waals surface area contributed by atoms with Crippen LogP contribution in [-0.2, 0) is 0 Å². The topological polar surface area (TPSA) is 35.2 Å². The summed E-state index contributed by atoms with van der Waals surface area (Å²) in [6.07, 6.45) is -0.126. The number of hydrogen-bond acceptors (Lipinski definition) is 2. The molecule has 0 saturated heterocycles. The van der Waals surface area contributed by atoms with Gasteiger partial charge in [0.1, 0.15) is 11.9 Å². The molecule has 0 aliphatic carbocycles. The van der Waals surface area contributed by atoms with Crippen molar-refractivity contribution in [3.63, 3.8) is 0 Å². The molecule has 0 radical (unpaired) electrons. The Bertz CT molecular complexity index is 743. The zero-order valence-electron chi connectivity index (χ0n) is 11.5. The molecule has 2 nitrogen and oxygen atoms in total. The molecule has 106 valence electrons. The van der Waals surface area contributed by atoms with Crippen molar-refractivity contribution in [3.8, 4) is 5.75 Å². The number of rotatable bonds is 4. The molecular formula is C18H16BrNO. The normalized spacial score (nSPS) is 12.3. The highest BCUT2D eigenvalue weighted by Gasteiger charge is 2.11. The minimum absolute atomic E-state index is 0.126. The van der Waals surface area contributed by atoms with Crippen molar-refractivity contribution in [1.29, 1.82) is 0 Å². The van der Waals surface area contributed by atoms with Gasteiger partial charge in [-0.1, -0.05) is 58.4 Å². The van der Waals surface area contributed by atoms with Gasteiger partial charge >= 0.3 is 0 Å². The van der Waals surface area contributed by atoms with Gasteiger partial charge in [0.25, 0.3) is 0 Å². The van der Waals surface area contributed by atoms with E-state index in [-0.39, 0.29) is 6.10 Å². The maximum Gasteiger partial charge on any atom is 0.136 e. The molecule has 0 aromatic heterocycles. The lowest BCUT2D eigenvalue weighted by Gasteiger charge is -2.18. The van der Waals surface area contributed by atoms with Crippen LogP contribution in [0, 0.1) is 0 Å². The Morgan fingerprint density at radius 3 is 2.38 bits per heavy atom. The third-order valence-electron chi connectivity index (χ3n) is 3.44. The van der Waals surface area contributed by atoms with Gasteiger partial charge in [-0.05, 0) is 40.6 Å². The van der Waals surface area contributed by atoms with Crippen molar-refractivity contribution < 1.29 is 4.74 Å². The smallest absolute Gasteiger partial charge is 0.136 e. The van der Waals surface area contributed by atoms with Gasteiger partial charge in [-0.2, -0.15) is 0 Å². The molecule has 0 heterocycles. The molecule has 0 amide bonds. The Kier molecular flexibility index (Phi) is 4.23. The van der Waals surface area contributed by atoms with Gasteiger partial charge in [0.05, 0.1) is 0 Å². The highest BCUT2D eigenvalue weighted by atomic mass is 79.9. The number of nitrogens with two attached hydrogens (primary N) is 1. The van der Waals surface area contributed by atoms with E-state index in [0.717, 1.165) is 21.2 Å². The van der Waals surface area contributed by atoms with Crippen molar-refractivity contribution in [2.45, 2.75) is 6.10 Å². The third kappa shape index (κ3) is 3.26.